The minimum Gasteiger partial charge on any atom is -0.381 e. The quantitative estimate of drug-likeness (QED) is 0.511. The highest BCUT2D eigenvalue weighted by Gasteiger charge is 2.51. The molecule has 5 rings (SSSR count). The molecule has 10 nitrogen and oxygen atoms in total. The van der Waals surface area contributed by atoms with E-state index in [0.29, 0.717) is 32.1 Å². The first kappa shape index (κ1) is 26.2. The molecule has 3 aliphatic rings. The minimum absolute atomic E-state index is 0.00577. The van der Waals surface area contributed by atoms with Crippen LogP contribution in [0.15, 0.2) is 28.4 Å². The van der Waals surface area contributed by atoms with E-state index in [1.54, 1.807) is 6.20 Å². The Hall–Kier alpha value is -2.42. The van der Waals surface area contributed by atoms with E-state index in [9.17, 15) is 17.8 Å². The summed E-state index contributed by atoms with van der Waals surface area (Å²) >= 11 is 0.919. The number of ether oxygens (including phenoxy) is 1. The van der Waals surface area contributed by atoms with Crippen LogP contribution in [0.3, 0.4) is 0 Å². The highest BCUT2D eigenvalue weighted by atomic mass is 32.2. The smallest absolute Gasteiger partial charge is 0.354 e. The lowest BCUT2D eigenvalue weighted by Crippen LogP contribution is -2.53. The lowest BCUT2D eigenvalue weighted by molar-refractivity contribution is -0.139. The number of pyridine rings is 1. The second kappa shape index (κ2) is 9.40. The second-order valence-corrected chi connectivity index (χ2v) is 13.5. The van der Waals surface area contributed by atoms with E-state index in [0.717, 1.165) is 24.6 Å². The maximum atomic E-state index is 14.4. The van der Waals surface area contributed by atoms with E-state index >= 15 is 0 Å². The van der Waals surface area contributed by atoms with Gasteiger partial charge in [-0.05, 0) is 39.7 Å². The maximum Gasteiger partial charge on any atom is 0.354 e. The van der Waals surface area contributed by atoms with Gasteiger partial charge in [0.25, 0.3) is 0 Å². The summed E-state index contributed by atoms with van der Waals surface area (Å²) in [5.74, 6) is -4.55. The zero-order valence-corrected chi connectivity index (χ0v) is 22.3. The number of carbonyl (C=O) groups excluding carboxylic acids is 1. The number of hydrogen-bond acceptors (Lipinski definition) is 9. The van der Waals surface area contributed by atoms with Crippen LogP contribution in [0.4, 0.5) is 26.2 Å². The third-order valence-corrected chi connectivity index (χ3v) is 9.68. The minimum atomic E-state index is -3.69. The lowest BCUT2D eigenvalue weighted by atomic mass is 9.75. The molecule has 1 amide bonds. The molecular formula is C23H29F2N7O3S2. The highest BCUT2D eigenvalue weighted by molar-refractivity contribution is 7.99. The largest absolute Gasteiger partial charge is 0.381 e. The number of piperidine rings is 1. The second-order valence-electron chi connectivity index (χ2n) is 10.5. The van der Waals surface area contributed by atoms with E-state index in [1.807, 2.05) is 20.8 Å². The third kappa shape index (κ3) is 4.79. The van der Waals surface area contributed by atoms with Gasteiger partial charge in [0.05, 0.1) is 46.7 Å². The first-order chi connectivity index (χ1) is 17.4. The van der Waals surface area contributed by atoms with Crippen LogP contribution in [0, 0.1) is 5.41 Å². The van der Waals surface area contributed by atoms with Gasteiger partial charge >= 0.3 is 11.8 Å². The highest BCUT2D eigenvalue weighted by Crippen LogP contribution is 2.46. The SMILES string of the molecule is CC(C)(C)[S@@](=O)N[C@@H]1COCC12CCN(c1cnc(Sc3ccnc4c3C(F)(F)C(=O)N4)c(N)n1)CC2. The number of nitrogens with zero attached hydrogens (tertiary/aromatic N) is 4. The van der Waals surface area contributed by atoms with Gasteiger partial charge in [0.2, 0.25) is 0 Å². The van der Waals surface area contributed by atoms with Crippen LogP contribution in [0.5, 0.6) is 0 Å². The van der Waals surface area contributed by atoms with Crippen LogP contribution in [0.25, 0.3) is 0 Å². The summed E-state index contributed by atoms with van der Waals surface area (Å²) < 4.78 is 50.2. The standard InChI is InChI=1S/C23H29F2N7O3S2/c1-21(2,3)37(34)31-14-11-35-12-22(14)5-8-32(9-6-22)15-10-28-19(17(26)29-15)36-13-4-7-27-18-16(13)23(24,25)20(33)30-18/h4,7,10,14,31H,5-6,8-9,11-12H2,1-3H3,(H2,26,29)(H,27,30,33)/t14-,37-/m1/s1. The molecule has 2 atom stereocenters. The molecule has 0 unspecified atom stereocenters. The topological polar surface area (TPSA) is 135 Å². The summed E-state index contributed by atoms with van der Waals surface area (Å²) in [6, 6.07) is 1.41. The van der Waals surface area contributed by atoms with Crippen LogP contribution in [0.2, 0.25) is 0 Å². The Balaban J connectivity index is 1.28. The monoisotopic (exact) mass is 553 g/mol. The Morgan fingerprint density at radius 2 is 2.03 bits per heavy atom. The first-order valence-corrected chi connectivity index (χ1v) is 13.9. The number of halogens is 2. The van der Waals surface area contributed by atoms with Crippen molar-refractivity contribution in [1.29, 1.82) is 0 Å². The Kier molecular flexibility index (Phi) is 6.66. The molecular weight excluding hydrogens is 524 g/mol. The van der Waals surface area contributed by atoms with E-state index < -0.39 is 28.4 Å². The van der Waals surface area contributed by atoms with Crippen molar-refractivity contribution in [2.45, 2.75) is 60.2 Å². The van der Waals surface area contributed by atoms with E-state index in [-0.39, 0.29) is 37.8 Å². The van der Waals surface area contributed by atoms with Crippen molar-refractivity contribution in [3.8, 4) is 0 Å². The molecule has 4 N–H and O–H groups in total. The molecule has 2 aromatic rings. The summed E-state index contributed by atoms with van der Waals surface area (Å²) in [7, 11) is -1.19. The zero-order chi connectivity index (χ0) is 26.6. The predicted octanol–water partition coefficient (Wildman–Crippen LogP) is 2.69. The number of nitrogens with one attached hydrogen (secondary N) is 2. The number of nitrogen functional groups attached to an aromatic ring is 1. The van der Waals surface area contributed by atoms with E-state index in [2.05, 4.69) is 29.9 Å². The lowest BCUT2D eigenvalue weighted by Gasteiger charge is -2.42. The number of hydrogen-bond donors (Lipinski definition) is 3. The van der Waals surface area contributed by atoms with Crippen LogP contribution in [-0.4, -0.2) is 62.2 Å². The fourth-order valence-electron chi connectivity index (χ4n) is 4.74. The third-order valence-electron chi connectivity index (χ3n) is 7.00. The van der Waals surface area contributed by atoms with Crippen molar-refractivity contribution in [3.05, 3.63) is 24.0 Å². The van der Waals surface area contributed by atoms with Gasteiger partial charge in [0, 0.05) is 29.6 Å². The fraction of sp³-hybridized carbons (Fsp3) is 0.565. The van der Waals surface area contributed by atoms with Gasteiger partial charge in [-0.25, -0.2) is 23.9 Å². The number of fused-ring (bicyclic) bond motifs is 1. The van der Waals surface area contributed by atoms with Gasteiger partial charge in [-0.15, -0.1) is 0 Å². The number of nitrogens with two attached hydrogens (primary N) is 1. The van der Waals surface area contributed by atoms with Crippen LogP contribution in [-0.2, 0) is 26.4 Å². The van der Waals surface area contributed by atoms with Crippen molar-refractivity contribution >= 4 is 46.1 Å². The summed E-state index contributed by atoms with van der Waals surface area (Å²) in [6.45, 7) is 8.35. The van der Waals surface area contributed by atoms with Gasteiger partial charge in [0.1, 0.15) is 16.7 Å². The predicted molar refractivity (Wildman–Crippen MR) is 137 cm³/mol. The number of aromatic nitrogens is 3. The molecule has 14 heteroatoms. The Morgan fingerprint density at radius 1 is 1.30 bits per heavy atom. The van der Waals surface area contributed by atoms with Crippen molar-refractivity contribution < 1.29 is 22.5 Å². The number of amides is 1. The molecule has 37 heavy (non-hydrogen) atoms. The first-order valence-electron chi connectivity index (χ1n) is 11.9. The average Bonchev–Trinajstić information content (AvgIpc) is 3.32. The van der Waals surface area contributed by atoms with Gasteiger partial charge in [-0.3, -0.25) is 4.79 Å². The van der Waals surface area contributed by atoms with Gasteiger partial charge in [-0.2, -0.15) is 8.78 Å². The molecule has 2 aromatic heterocycles. The van der Waals surface area contributed by atoms with Crippen molar-refractivity contribution in [3.63, 3.8) is 0 Å². The fourth-order valence-corrected chi connectivity index (χ4v) is 6.59. The van der Waals surface area contributed by atoms with Crippen molar-refractivity contribution in [2.75, 3.05) is 42.3 Å². The summed E-state index contributed by atoms with van der Waals surface area (Å²) in [4.78, 5) is 26.6. The average molecular weight is 554 g/mol. The molecule has 0 aromatic carbocycles. The molecule has 200 valence electrons. The maximum absolute atomic E-state index is 14.4. The van der Waals surface area contributed by atoms with Crippen molar-refractivity contribution in [2.24, 2.45) is 5.41 Å². The van der Waals surface area contributed by atoms with Gasteiger partial charge < -0.3 is 20.7 Å². The van der Waals surface area contributed by atoms with Crippen LogP contribution < -0.4 is 20.7 Å². The molecule has 2 saturated heterocycles. The molecule has 0 aliphatic carbocycles. The Labute approximate surface area is 220 Å². The summed E-state index contributed by atoms with van der Waals surface area (Å²) in [5.41, 5.74) is 5.59. The normalized spacial score (nSPS) is 23.2. The Morgan fingerprint density at radius 3 is 2.70 bits per heavy atom. The molecule has 1 spiro atoms. The number of anilines is 3. The van der Waals surface area contributed by atoms with Crippen LogP contribution >= 0.6 is 11.8 Å². The van der Waals surface area contributed by atoms with Gasteiger partial charge in [-0.1, -0.05) is 11.8 Å². The van der Waals surface area contributed by atoms with E-state index in [1.165, 1.54) is 12.3 Å². The Bertz CT molecular complexity index is 1250. The number of rotatable bonds is 5. The van der Waals surface area contributed by atoms with E-state index in [4.69, 9.17) is 10.5 Å². The molecule has 0 bridgehead atoms. The molecule has 0 radical (unpaired) electrons. The molecule has 2 fully saturated rings. The van der Waals surface area contributed by atoms with Crippen molar-refractivity contribution in [1.82, 2.24) is 19.7 Å². The summed E-state index contributed by atoms with van der Waals surface area (Å²) in [5, 5.41) is 2.37. The molecule has 5 heterocycles. The summed E-state index contributed by atoms with van der Waals surface area (Å²) in [6.07, 6.45) is 4.57. The number of carbonyl (C=O) groups is 1. The molecule has 3 aliphatic heterocycles. The van der Waals surface area contributed by atoms with Gasteiger partial charge in [0.15, 0.2) is 5.82 Å². The molecule has 0 saturated carbocycles. The zero-order valence-electron chi connectivity index (χ0n) is 20.7. The number of alkyl halides is 2. The van der Waals surface area contributed by atoms with Crippen LogP contribution in [0.1, 0.15) is 39.2 Å².